The maximum absolute atomic E-state index is 14.8. The molecule has 0 unspecified atom stereocenters. The van der Waals surface area contributed by atoms with Gasteiger partial charge in [0.25, 0.3) is 0 Å². The van der Waals surface area contributed by atoms with E-state index < -0.39 is 18.4 Å². The molecule has 2 heterocycles. The molecule has 1 saturated heterocycles. The van der Waals surface area contributed by atoms with Crippen molar-refractivity contribution in [2.75, 3.05) is 38.7 Å². The van der Waals surface area contributed by atoms with Crippen molar-refractivity contribution in [2.45, 2.75) is 51.7 Å². The lowest BCUT2D eigenvalue weighted by molar-refractivity contribution is -0.146. The molecule has 0 saturated carbocycles. The number of halogens is 1. The SMILES string of the molecule is COc1c(OC2CCN(C(=O)OC(C)C)CC2)ccnc1Nc1ccc(CCCOC(=O)CO)cc1F. The first-order chi connectivity index (χ1) is 17.8. The number of piperidine rings is 1. The van der Waals surface area contributed by atoms with Crippen molar-refractivity contribution in [3.63, 3.8) is 0 Å². The van der Waals surface area contributed by atoms with Crippen LogP contribution in [0.2, 0.25) is 0 Å². The van der Waals surface area contributed by atoms with Gasteiger partial charge in [0.1, 0.15) is 18.5 Å². The number of nitrogens with zero attached hydrogens (tertiary/aromatic N) is 2. The zero-order chi connectivity index (χ0) is 26.8. The van der Waals surface area contributed by atoms with Crippen LogP contribution in [-0.2, 0) is 20.7 Å². The maximum Gasteiger partial charge on any atom is 0.410 e. The number of benzene rings is 1. The normalized spacial score (nSPS) is 13.8. The molecule has 1 fully saturated rings. The van der Waals surface area contributed by atoms with Crippen LogP contribution in [0.25, 0.3) is 0 Å². The van der Waals surface area contributed by atoms with E-state index in [1.165, 1.54) is 13.2 Å². The molecule has 1 aliphatic rings. The van der Waals surface area contributed by atoms with Gasteiger partial charge in [0.2, 0.25) is 5.75 Å². The van der Waals surface area contributed by atoms with Gasteiger partial charge in [-0.25, -0.2) is 19.0 Å². The second-order valence-corrected chi connectivity index (χ2v) is 8.85. The first kappa shape index (κ1) is 28.0. The summed E-state index contributed by atoms with van der Waals surface area (Å²) in [5, 5.41) is 11.6. The molecule has 3 rings (SSSR count). The summed E-state index contributed by atoms with van der Waals surface area (Å²) in [4.78, 5) is 29.0. The van der Waals surface area contributed by atoms with Gasteiger partial charge in [-0.1, -0.05) is 6.07 Å². The zero-order valence-corrected chi connectivity index (χ0v) is 21.4. The number of nitrogens with one attached hydrogen (secondary N) is 1. The van der Waals surface area contributed by atoms with Crippen molar-refractivity contribution < 1.29 is 38.0 Å². The van der Waals surface area contributed by atoms with Gasteiger partial charge in [-0.05, 0) is 44.4 Å². The Labute approximate surface area is 215 Å². The number of carbonyl (C=O) groups excluding carboxylic acids is 2. The van der Waals surface area contributed by atoms with Gasteiger partial charge in [0.15, 0.2) is 11.6 Å². The monoisotopic (exact) mass is 519 g/mol. The third-order valence-electron chi connectivity index (χ3n) is 5.69. The van der Waals surface area contributed by atoms with Crippen molar-refractivity contribution in [3.8, 4) is 11.5 Å². The molecule has 1 aromatic carbocycles. The number of hydrogen-bond donors (Lipinski definition) is 2. The van der Waals surface area contributed by atoms with E-state index in [0.29, 0.717) is 56.1 Å². The van der Waals surface area contributed by atoms with Gasteiger partial charge >= 0.3 is 12.1 Å². The molecule has 2 aromatic rings. The zero-order valence-electron chi connectivity index (χ0n) is 21.4. The number of hydrogen-bond acceptors (Lipinski definition) is 9. The van der Waals surface area contributed by atoms with Crippen LogP contribution in [0.4, 0.5) is 20.7 Å². The number of amides is 1. The van der Waals surface area contributed by atoms with Crippen molar-refractivity contribution >= 4 is 23.6 Å². The first-order valence-corrected chi connectivity index (χ1v) is 12.3. The fourth-order valence-electron chi connectivity index (χ4n) is 3.87. The summed E-state index contributed by atoms with van der Waals surface area (Å²) in [5.74, 6) is -0.0348. The molecule has 11 heteroatoms. The number of rotatable bonds is 11. The molecule has 37 heavy (non-hydrogen) atoms. The number of methoxy groups -OCH3 is 1. The van der Waals surface area contributed by atoms with Crippen LogP contribution < -0.4 is 14.8 Å². The van der Waals surface area contributed by atoms with Gasteiger partial charge < -0.3 is 34.3 Å². The van der Waals surface area contributed by atoms with E-state index in [-0.39, 0.29) is 30.6 Å². The van der Waals surface area contributed by atoms with Crippen LogP contribution >= 0.6 is 0 Å². The molecule has 1 aliphatic heterocycles. The van der Waals surface area contributed by atoms with E-state index in [0.717, 1.165) is 5.56 Å². The number of aliphatic hydroxyl groups is 1. The second kappa shape index (κ2) is 13.6. The van der Waals surface area contributed by atoms with E-state index in [2.05, 4.69) is 10.3 Å². The summed E-state index contributed by atoms with van der Waals surface area (Å²) >= 11 is 0. The minimum atomic E-state index is -0.685. The van der Waals surface area contributed by atoms with Crippen LogP contribution in [-0.4, -0.2) is 72.7 Å². The highest BCUT2D eigenvalue weighted by atomic mass is 19.1. The summed E-state index contributed by atoms with van der Waals surface area (Å²) in [7, 11) is 1.49. The molecule has 0 spiro atoms. The standard InChI is InChI=1S/C26H34FN3O7/c1-17(2)36-26(33)30-12-9-19(10-13-30)37-22-8-11-28-25(24(22)34-3)29-21-7-6-18(15-20(21)27)5-4-14-35-23(32)16-31/h6-8,11,15,17,19,31H,4-5,9-10,12-14,16H2,1-3H3,(H,28,29). The van der Waals surface area contributed by atoms with Crippen LogP contribution in [0.1, 0.15) is 38.7 Å². The summed E-state index contributed by atoms with van der Waals surface area (Å²) in [6.45, 7) is 4.17. The van der Waals surface area contributed by atoms with Crippen LogP contribution in [0, 0.1) is 5.82 Å². The van der Waals surface area contributed by atoms with E-state index in [1.54, 1.807) is 29.3 Å². The highest BCUT2D eigenvalue weighted by Crippen LogP contribution is 2.37. The minimum absolute atomic E-state index is 0.125. The van der Waals surface area contributed by atoms with Crippen molar-refractivity contribution in [2.24, 2.45) is 0 Å². The Kier molecular flexibility index (Phi) is 10.3. The van der Waals surface area contributed by atoms with E-state index in [4.69, 9.17) is 24.1 Å². The molecule has 1 aromatic heterocycles. The summed E-state index contributed by atoms with van der Waals surface area (Å²) < 4.78 is 36.6. The molecular weight excluding hydrogens is 485 g/mol. The second-order valence-electron chi connectivity index (χ2n) is 8.85. The van der Waals surface area contributed by atoms with Crippen molar-refractivity contribution in [1.29, 1.82) is 0 Å². The summed E-state index contributed by atoms with van der Waals surface area (Å²) in [5.41, 5.74) is 0.958. The van der Waals surface area contributed by atoms with Gasteiger partial charge in [0.05, 0.1) is 25.5 Å². The summed E-state index contributed by atoms with van der Waals surface area (Å²) in [6, 6.07) is 6.46. The largest absolute Gasteiger partial charge is 0.490 e. The number of carbonyl (C=O) groups is 2. The van der Waals surface area contributed by atoms with Crippen molar-refractivity contribution in [3.05, 3.63) is 41.8 Å². The highest BCUT2D eigenvalue weighted by Gasteiger charge is 2.26. The molecule has 0 atom stereocenters. The van der Waals surface area contributed by atoms with E-state index >= 15 is 0 Å². The number of aliphatic hydroxyl groups excluding tert-OH is 1. The highest BCUT2D eigenvalue weighted by molar-refractivity contribution is 5.70. The van der Waals surface area contributed by atoms with Gasteiger partial charge in [0, 0.05) is 38.2 Å². The Morgan fingerprint density at radius 3 is 2.65 bits per heavy atom. The molecule has 202 valence electrons. The van der Waals surface area contributed by atoms with Gasteiger partial charge in [-0.15, -0.1) is 0 Å². The lowest BCUT2D eigenvalue weighted by Gasteiger charge is -2.32. The minimum Gasteiger partial charge on any atom is -0.490 e. The molecule has 10 nitrogen and oxygen atoms in total. The van der Waals surface area contributed by atoms with Crippen LogP contribution in [0.3, 0.4) is 0 Å². The Balaban J connectivity index is 1.59. The molecule has 1 amide bonds. The number of likely N-dealkylation sites (tertiary alicyclic amines) is 1. The number of anilines is 2. The number of aryl methyl sites for hydroxylation is 1. The Bertz CT molecular complexity index is 1060. The number of aromatic nitrogens is 1. The summed E-state index contributed by atoms with van der Waals surface area (Å²) in [6.07, 6.45) is 3.22. The number of esters is 1. The Hall–Kier alpha value is -3.60. The first-order valence-electron chi connectivity index (χ1n) is 12.3. The van der Waals surface area contributed by atoms with E-state index in [1.807, 2.05) is 13.8 Å². The Morgan fingerprint density at radius 2 is 2.00 bits per heavy atom. The topological polar surface area (TPSA) is 119 Å². The predicted octanol–water partition coefficient (Wildman–Crippen LogP) is 3.83. The number of pyridine rings is 1. The third kappa shape index (κ3) is 8.21. The predicted molar refractivity (Wildman–Crippen MR) is 134 cm³/mol. The third-order valence-corrected chi connectivity index (χ3v) is 5.69. The molecule has 0 aliphatic carbocycles. The van der Waals surface area contributed by atoms with Crippen LogP contribution in [0.15, 0.2) is 30.5 Å². The lowest BCUT2D eigenvalue weighted by Crippen LogP contribution is -2.42. The lowest BCUT2D eigenvalue weighted by atomic mass is 10.1. The van der Waals surface area contributed by atoms with E-state index in [9.17, 15) is 14.0 Å². The molecule has 0 bridgehead atoms. The van der Waals surface area contributed by atoms with Gasteiger partial charge in [-0.3, -0.25) is 0 Å². The van der Waals surface area contributed by atoms with Crippen molar-refractivity contribution in [1.82, 2.24) is 9.88 Å². The van der Waals surface area contributed by atoms with Gasteiger partial charge in [-0.2, -0.15) is 0 Å². The fraction of sp³-hybridized carbons (Fsp3) is 0.500. The smallest absolute Gasteiger partial charge is 0.410 e. The van der Waals surface area contributed by atoms with Crippen LogP contribution in [0.5, 0.6) is 11.5 Å². The molecule has 2 N–H and O–H groups in total. The fourth-order valence-corrected chi connectivity index (χ4v) is 3.87. The number of ether oxygens (including phenoxy) is 4. The average molecular weight is 520 g/mol. The maximum atomic E-state index is 14.8. The molecular formula is C26H34FN3O7. The average Bonchev–Trinajstić information content (AvgIpc) is 2.88. The quantitative estimate of drug-likeness (QED) is 0.337. The molecule has 0 radical (unpaired) electrons. The Morgan fingerprint density at radius 1 is 1.24 bits per heavy atom.